The first-order valence-electron chi connectivity index (χ1n) is 5.61. The van der Waals surface area contributed by atoms with Crippen LogP contribution in [0.3, 0.4) is 0 Å². The van der Waals surface area contributed by atoms with Crippen molar-refractivity contribution in [2.75, 3.05) is 25.1 Å². The minimum Gasteiger partial charge on any atom is -0.376 e. The summed E-state index contributed by atoms with van der Waals surface area (Å²) in [5.74, 6) is 0.987. The van der Waals surface area contributed by atoms with E-state index in [1.165, 1.54) is 12.0 Å². The number of hydrogen-bond acceptors (Lipinski definition) is 3. The SMILES string of the molecule is Cc1cnc(N(C)CC2CCCO2)c(Br)c1. The summed E-state index contributed by atoms with van der Waals surface area (Å²) in [7, 11) is 2.06. The zero-order chi connectivity index (χ0) is 11.5. The molecule has 1 saturated heterocycles. The number of anilines is 1. The van der Waals surface area contributed by atoms with Gasteiger partial charge in [0.2, 0.25) is 0 Å². The summed E-state index contributed by atoms with van der Waals surface area (Å²) >= 11 is 3.55. The first-order valence-corrected chi connectivity index (χ1v) is 6.41. The maximum Gasteiger partial charge on any atom is 0.142 e. The summed E-state index contributed by atoms with van der Waals surface area (Å²) in [5.41, 5.74) is 1.17. The monoisotopic (exact) mass is 284 g/mol. The molecule has 0 aromatic carbocycles. The third kappa shape index (κ3) is 2.74. The van der Waals surface area contributed by atoms with E-state index in [9.17, 15) is 0 Å². The molecule has 16 heavy (non-hydrogen) atoms. The van der Waals surface area contributed by atoms with Gasteiger partial charge in [-0.25, -0.2) is 4.98 Å². The van der Waals surface area contributed by atoms with Crippen LogP contribution in [0.5, 0.6) is 0 Å². The van der Waals surface area contributed by atoms with E-state index in [1.54, 1.807) is 0 Å². The highest BCUT2D eigenvalue weighted by molar-refractivity contribution is 9.10. The minimum atomic E-state index is 0.361. The molecule has 1 atom stereocenters. The van der Waals surface area contributed by atoms with Gasteiger partial charge in [0.25, 0.3) is 0 Å². The van der Waals surface area contributed by atoms with Gasteiger partial charge in [-0.3, -0.25) is 0 Å². The molecule has 1 aromatic rings. The molecule has 3 nitrogen and oxygen atoms in total. The second-order valence-corrected chi connectivity index (χ2v) is 5.19. The van der Waals surface area contributed by atoms with E-state index in [1.807, 2.05) is 13.1 Å². The molecule has 2 heterocycles. The van der Waals surface area contributed by atoms with Gasteiger partial charge >= 0.3 is 0 Å². The summed E-state index contributed by atoms with van der Waals surface area (Å²) in [5, 5.41) is 0. The lowest BCUT2D eigenvalue weighted by molar-refractivity contribution is 0.116. The standard InChI is InChI=1S/C12H17BrN2O/c1-9-6-11(13)12(14-7-9)15(2)8-10-4-3-5-16-10/h6-7,10H,3-5,8H2,1-2H3. The van der Waals surface area contributed by atoms with Crippen LogP contribution in [0.2, 0.25) is 0 Å². The van der Waals surface area contributed by atoms with Crippen molar-refractivity contribution in [1.82, 2.24) is 4.98 Å². The number of ether oxygens (including phenoxy) is 1. The van der Waals surface area contributed by atoms with Gasteiger partial charge in [-0.05, 0) is 47.3 Å². The Morgan fingerprint density at radius 1 is 1.62 bits per heavy atom. The first-order chi connectivity index (χ1) is 7.66. The summed E-state index contributed by atoms with van der Waals surface area (Å²) < 4.78 is 6.67. The lowest BCUT2D eigenvalue weighted by atomic mass is 10.2. The molecule has 1 aliphatic rings. The van der Waals surface area contributed by atoms with Crippen molar-refractivity contribution < 1.29 is 4.74 Å². The average Bonchev–Trinajstić information content (AvgIpc) is 2.70. The van der Waals surface area contributed by atoms with E-state index in [0.29, 0.717) is 6.10 Å². The van der Waals surface area contributed by atoms with Crippen molar-refractivity contribution in [3.63, 3.8) is 0 Å². The van der Waals surface area contributed by atoms with Crippen molar-refractivity contribution in [3.05, 3.63) is 22.3 Å². The van der Waals surface area contributed by atoms with E-state index in [-0.39, 0.29) is 0 Å². The molecule has 0 spiro atoms. The zero-order valence-electron chi connectivity index (χ0n) is 9.74. The molecule has 0 bridgehead atoms. The maximum absolute atomic E-state index is 5.62. The molecule has 0 amide bonds. The maximum atomic E-state index is 5.62. The van der Waals surface area contributed by atoms with E-state index in [2.05, 4.69) is 38.9 Å². The fourth-order valence-corrected chi connectivity index (χ4v) is 2.75. The second kappa shape index (κ2) is 5.15. The number of halogens is 1. The second-order valence-electron chi connectivity index (χ2n) is 4.33. The van der Waals surface area contributed by atoms with Crippen molar-refractivity contribution in [2.24, 2.45) is 0 Å². The highest BCUT2D eigenvalue weighted by atomic mass is 79.9. The molecule has 0 aliphatic carbocycles. The Morgan fingerprint density at radius 2 is 2.44 bits per heavy atom. The van der Waals surface area contributed by atoms with Crippen LogP contribution in [0.15, 0.2) is 16.7 Å². The highest BCUT2D eigenvalue weighted by Crippen LogP contribution is 2.24. The van der Waals surface area contributed by atoms with Crippen LogP contribution in [0.25, 0.3) is 0 Å². The fourth-order valence-electron chi connectivity index (χ4n) is 1.99. The van der Waals surface area contributed by atoms with Gasteiger partial charge in [0.1, 0.15) is 5.82 Å². The molecular formula is C12H17BrN2O. The predicted molar refractivity (Wildman–Crippen MR) is 68.9 cm³/mol. The molecule has 0 saturated carbocycles. The third-order valence-corrected chi connectivity index (χ3v) is 3.41. The number of aryl methyl sites for hydroxylation is 1. The molecule has 1 unspecified atom stereocenters. The Hall–Kier alpha value is -0.610. The highest BCUT2D eigenvalue weighted by Gasteiger charge is 2.19. The van der Waals surface area contributed by atoms with Crippen molar-refractivity contribution >= 4 is 21.7 Å². The number of likely N-dealkylation sites (N-methyl/N-ethyl adjacent to an activating group) is 1. The molecule has 2 rings (SSSR count). The predicted octanol–water partition coefficient (Wildman–Crippen LogP) is 2.77. The number of aromatic nitrogens is 1. The van der Waals surface area contributed by atoms with Crippen molar-refractivity contribution in [1.29, 1.82) is 0 Å². The molecule has 4 heteroatoms. The van der Waals surface area contributed by atoms with Crippen LogP contribution in [0, 0.1) is 6.92 Å². The van der Waals surface area contributed by atoms with E-state index >= 15 is 0 Å². The van der Waals surface area contributed by atoms with Crippen LogP contribution in [0.4, 0.5) is 5.82 Å². The van der Waals surface area contributed by atoms with E-state index in [0.717, 1.165) is 29.9 Å². The number of nitrogens with zero attached hydrogens (tertiary/aromatic N) is 2. The van der Waals surface area contributed by atoms with E-state index in [4.69, 9.17) is 4.74 Å². The Morgan fingerprint density at radius 3 is 3.06 bits per heavy atom. The largest absolute Gasteiger partial charge is 0.376 e. The topological polar surface area (TPSA) is 25.4 Å². The summed E-state index contributed by atoms with van der Waals surface area (Å²) in [6.07, 6.45) is 4.60. The molecule has 88 valence electrons. The smallest absolute Gasteiger partial charge is 0.142 e. The Balaban J connectivity index is 2.04. The van der Waals surface area contributed by atoms with Gasteiger partial charge in [0.05, 0.1) is 10.6 Å². The fraction of sp³-hybridized carbons (Fsp3) is 0.583. The van der Waals surface area contributed by atoms with Gasteiger partial charge in [-0.15, -0.1) is 0 Å². The van der Waals surface area contributed by atoms with E-state index < -0.39 is 0 Å². The van der Waals surface area contributed by atoms with Gasteiger partial charge in [-0.1, -0.05) is 0 Å². The Bertz CT molecular complexity index is 364. The van der Waals surface area contributed by atoms with Gasteiger partial charge in [-0.2, -0.15) is 0 Å². The quantitative estimate of drug-likeness (QED) is 0.854. The van der Waals surface area contributed by atoms with Gasteiger partial charge < -0.3 is 9.64 Å². The van der Waals surface area contributed by atoms with Gasteiger partial charge in [0.15, 0.2) is 0 Å². The molecule has 0 N–H and O–H groups in total. The zero-order valence-corrected chi connectivity index (χ0v) is 11.3. The van der Waals surface area contributed by atoms with Crippen LogP contribution < -0.4 is 4.90 Å². The number of rotatable bonds is 3. The first kappa shape index (κ1) is 11.9. The summed E-state index contributed by atoms with van der Waals surface area (Å²) in [6.45, 7) is 3.86. The number of pyridine rings is 1. The van der Waals surface area contributed by atoms with Crippen LogP contribution in [-0.2, 0) is 4.74 Å². The molecule has 1 aromatic heterocycles. The lowest BCUT2D eigenvalue weighted by Crippen LogP contribution is -2.29. The summed E-state index contributed by atoms with van der Waals surface area (Å²) in [6, 6.07) is 2.09. The molecule has 1 fully saturated rings. The Labute approximate surface area is 105 Å². The van der Waals surface area contributed by atoms with Crippen molar-refractivity contribution in [3.8, 4) is 0 Å². The number of hydrogen-bond donors (Lipinski definition) is 0. The Kier molecular flexibility index (Phi) is 3.82. The average molecular weight is 285 g/mol. The molecule has 1 aliphatic heterocycles. The van der Waals surface area contributed by atoms with Crippen LogP contribution in [-0.4, -0.2) is 31.3 Å². The minimum absolute atomic E-state index is 0.361. The molecule has 0 radical (unpaired) electrons. The normalized spacial score (nSPS) is 20.1. The van der Waals surface area contributed by atoms with Gasteiger partial charge in [0, 0.05) is 26.4 Å². The van der Waals surface area contributed by atoms with Crippen LogP contribution >= 0.6 is 15.9 Å². The molecular weight excluding hydrogens is 268 g/mol. The van der Waals surface area contributed by atoms with Crippen molar-refractivity contribution in [2.45, 2.75) is 25.9 Å². The lowest BCUT2D eigenvalue weighted by Gasteiger charge is -2.22. The van der Waals surface area contributed by atoms with Crippen LogP contribution in [0.1, 0.15) is 18.4 Å². The third-order valence-electron chi connectivity index (χ3n) is 2.82. The summed E-state index contributed by atoms with van der Waals surface area (Å²) in [4.78, 5) is 6.60.